The zero-order valence-corrected chi connectivity index (χ0v) is 13.6. The van der Waals surface area contributed by atoms with Crippen molar-refractivity contribution in [1.29, 1.82) is 0 Å². The van der Waals surface area contributed by atoms with Crippen molar-refractivity contribution in [3.8, 4) is 17.2 Å². The van der Waals surface area contributed by atoms with Gasteiger partial charge in [-0.25, -0.2) is 4.79 Å². The zero-order chi connectivity index (χ0) is 17.4. The monoisotopic (exact) mass is 343 g/mol. The van der Waals surface area contributed by atoms with Crippen LogP contribution in [-0.4, -0.2) is 42.7 Å². The van der Waals surface area contributed by atoms with Crippen molar-refractivity contribution < 1.29 is 23.4 Å². The molecule has 4 rings (SSSR count). The van der Waals surface area contributed by atoms with Gasteiger partial charge in [0.05, 0.1) is 19.2 Å². The summed E-state index contributed by atoms with van der Waals surface area (Å²) in [5, 5.41) is 0. The Kier molecular flexibility index (Phi) is 3.83. The molecule has 25 heavy (non-hydrogen) atoms. The summed E-state index contributed by atoms with van der Waals surface area (Å²) in [5.74, 6) is 2.04. The summed E-state index contributed by atoms with van der Waals surface area (Å²) in [6.45, 7) is 2.76. The van der Waals surface area contributed by atoms with Gasteiger partial charge in [0.15, 0.2) is 11.5 Å². The second-order valence-electron chi connectivity index (χ2n) is 6.07. The topological polar surface area (TPSA) is 78.2 Å². The molecule has 130 valence electrons. The number of fused-ring (bicyclic) bond motifs is 1. The first kappa shape index (κ1) is 15.6. The summed E-state index contributed by atoms with van der Waals surface area (Å²) in [6, 6.07) is 10.2. The van der Waals surface area contributed by atoms with Crippen LogP contribution in [-0.2, 0) is 4.79 Å². The van der Waals surface area contributed by atoms with E-state index in [0.29, 0.717) is 36.1 Å². The fourth-order valence-electron chi connectivity index (χ4n) is 2.87. The zero-order valence-electron chi connectivity index (χ0n) is 13.6. The molecule has 0 saturated carbocycles. The highest BCUT2D eigenvalue weighted by molar-refractivity contribution is 5.82. The third-order valence-corrected chi connectivity index (χ3v) is 4.11. The number of rotatable bonds is 3. The summed E-state index contributed by atoms with van der Waals surface area (Å²) in [6.07, 6.45) is -0.802. The second kappa shape index (κ2) is 6.16. The van der Waals surface area contributed by atoms with E-state index in [1.165, 1.54) is 6.07 Å². The standard InChI is InChI=1S/C18H17NO6/c1-11-6-12(7-17(20)23-11)24-13-8-19(9-13)18(21)16-10-22-14-4-2-3-5-15(14)25-16/h2-7,13,16H,8-10H2,1H3. The van der Waals surface area contributed by atoms with Gasteiger partial charge in [0.1, 0.15) is 24.2 Å². The number of ether oxygens (including phenoxy) is 3. The van der Waals surface area contributed by atoms with Gasteiger partial charge in [-0.05, 0) is 19.1 Å². The smallest absolute Gasteiger partial charge is 0.339 e. The molecule has 0 bridgehead atoms. The Bertz CT molecular complexity index is 855. The lowest BCUT2D eigenvalue weighted by atomic mass is 10.1. The number of nitrogens with zero attached hydrogens (tertiary/aromatic N) is 1. The van der Waals surface area contributed by atoms with Gasteiger partial charge in [-0.2, -0.15) is 0 Å². The van der Waals surface area contributed by atoms with Crippen molar-refractivity contribution >= 4 is 5.91 Å². The molecular weight excluding hydrogens is 326 g/mol. The van der Waals surface area contributed by atoms with E-state index >= 15 is 0 Å². The van der Waals surface area contributed by atoms with E-state index in [1.807, 2.05) is 18.2 Å². The first-order chi connectivity index (χ1) is 12.1. The van der Waals surface area contributed by atoms with Crippen LogP contribution in [0.25, 0.3) is 0 Å². The average Bonchev–Trinajstić information content (AvgIpc) is 2.56. The number of hydrogen-bond acceptors (Lipinski definition) is 6. The molecule has 2 aliphatic rings. The van der Waals surface area contributed by atoms with Gasteiger partial charge in [0, 0.05) is 6.07 Å². The molecule has 0 N–H and O–H groups in total. The molecule has 2 aromatic rings. The Morgan fingerprint density at radius 2 is 1.96 bits per heavy atom. The van der Waals surface area contributed by atoms with Crippen molar-refractivity contribution in [2.75, 3.05) is 19.7 Å². The number of aryl methyl sites for hydroxylation is 1. The average molecular weight is 343 g/mol. The lowest BCUT2D eigenvalue weighted by molar-refractivity contribution is -0.150. The molecule has 0 radical (unpaired) electrons. The van der Waals surface area contributed by atoms with Crippen LogP contribution in [0.4, 0.5) is 0 Å². The first-order valence-electron chi connectivity index (χ1n) is 8.04. The molecule has 0 aliphatic carbocycles. The minimum Gasteiger partial charge on any atom is -0.486 e. The lowest BCUT2D eigenvalue weighted by Gasteiger charge is -2.41. The van der Waals surface area contributed by atoms with Crippen LogP contribution in [0.5, 0.6) is 17.2 Å². The Labute approximate surface area is 143 Å². The van der Waals surface area contributed by atoms with Crippen LogP contribution >= 0.6 is 0 Å². The molecule has 1 aromatic heterocycles. The van der Waals surface area contributed by atoms with Crippen LogP contribution in [0, 0.1) is 6.92 Å². The van der Waals surface area contributed by atoms with Crippen molar-refractivity contribution in [2.24, 2.45) is 0 Å². The van der Waals surface area contributed by atoms with Gasteiger partial charge >= 0.3 is 5.63 Å². The van der Waals surface area contributed by atoms with Gasteiger partial charge in [-0.15, -0.1) is 0 Å². The van der Waals surface area contributed by atoms with E-state index in [-0.39, 0.29) is 18.6 Å². The van der Waals surface area contributed by atoms with Gasteiger partial charge in [-0.1, -0.05) is 12.1 Å². The molecule has 1 unspecified atom stereocenters. The molecule has 1 aromatic carbocycles. The summed E-state index contributed by atoms with van der Waals surface area (Å²) in [5.41, 5.74) is -0.450. The Balaban J connectivity index is 1.33. The molecule has 1 saturated heterocycles. The number of hydrogen-bond donors (Lipinski definition) is 0. The minimum atomic E-state index is -0.651. The van der Waals surface area contributed by atoms with Crippen LogP contribution in [0.3, 0.4) is 0 Å². The Morgan fingerprint density at radius 3 is 2.72 bits per heavy atom. The predicted molar refractivity (Wildman–Crippen MR) is 87.1 cm³/mol. The molecule has 7 heteroatoms. The van der Waals surface area contributed by atoms with Gasteiger partial charge < -0.3 is 23.5 Å². The molecule has 1 atom stereocenters. The quantitative estimate of drug-likeness (QED) is 0.838. The van der Waals surface area contributed by atoms with E-state index in [2.05, 4.69) is 0 Å². The highest BCUT2D eigenvalue weighted by Gasteiger charge is 2.38. The highest BCUT2D eigenvalue weighted by Crippen LogP contribution is 2.31. The molecule has 7 nitrogen and oxygen atoms in total. The summed E-state index contributed by atoms with van der Waals surface area (Å²) in [7, 11) is 0. The molecule has 2 aliphatic heterocycles. The third kappa shape index (κ3) is 3.17. The van der Waals surface area contributed by atoms with Gasteiger partial charge in [-0.3, -0.25) is 4.79 Å². The van der Waals surface area contributed by atoms with Crippen LogP contribution in [0.15, 0.2) is 45.6 Å². The van der Waals surface area contributed by atoms with E-state index in [0.717, 1.165) is 0 Å². The van der Waals surface area contributed by atoms with Gasteiger partial charge in [0.25, 0.3) is 5.91 Å². The van der Waals surface area contributed by atoms with Crippen molar-refractivity contribution in [3.05, 3.63) is 52.6 Å². The minimum absolute atomic E-state index is 0.127. The second-order valence-corrected chi connectivity index (χ2v) is 6.07. The molecule has 0 spiro atoms. The highest BCUT2D eigenvalue weighted by atomic mass is 16.6. The lowest BCUT2D eigenvalue weighted by Crippen LogP contribution is -2.60. The van der Waals surface area contributed by atoms with E-state index in [4.69, 9.17) is 18.6 Å². The van der Waals surface area contributed by atoms with Crippen molar-refractivity contribution in [2.45, 2.75) is 19.1 Å². The summed E-state index contributed by atoms with van der Waals surface area (Å²) < 4.78 is 21.9. The number of benzene rings is 1. The Hall–Kier alpha value is -2.96. The normalized spacial score (nSPS) is 19.2. The molecule has 3 heterocycles. The predicted octanol–water partition coefficient (Wildman–Crippen LogP) is 1.38. The van der Waals surface area contributed by atoms with E-state index in [9.17, 15) is 9.59 Å². The first-order valence-corrected chi connectivity index (χ1v) is 8.04. The van der Waals surface area contributed by atoms with Gasteiger partial charge in [0.2, 0.25) is 6.10 Å². The third-order valence-electron chi connectivity index (χ3n) is 4.11. The maximum Gasteiger partial charge on any atom is 0.339 e. The van der Waals surface area contributed by atoms with E-state index < -0.39 is 11.7 Å². The molecular formula is C18H17NO6. The number of amides is 1. The summed E-state index contributed by atoms with van der Waals surface area (Å²) in [4.78, 5) is 25.5. The largest absolute Gasteiger partial charge is 0.486 e. The SMILES string of the molecule is Cc1cc(OC2CN(C(=O)C3COc4ccccc4O3)C2)cc(=O)o1. The Morgan fingerprint density at radius 1 is 1.20 bits per heavy atom. The summed E-state index contributed by atoms with van der Waals surface area (Å²) >= 11 is 0. The maximum absolute atomic E-state index is 12.5. The fraction of sp³-hybridized carbons (Fsp3) is 0.333. The number of carbonyl (C=O) groups excluding carboxylic acids is 1. The number of likely N-dealkylation sites (tertiary alicyclic amines) is 1. The maximum atomic E-state index is 12.5. The van der Waals surface area contributed by atoms with E-state index in [1.54, 1.807) is 24.0 Å². The number of para-hydroxylation sites is 2. The van der Waals surface area contributed by atoms with Crippen molar-refractivity contribution in [1.82, 2.24) is 4.90 Å². The van der Waals surface area contributed by atoms with Crippen LogP contribution in [0.1, 0.15) is 5.76 Å². The number of carbonyl (C=O) groups is 1. The molecule has 1 amide bonds. The van der Waals surface area contributed by atoms with Crippen LogP contribution < -0.4 is 19.8 Å². The molecule has 1 fully saturated rings. The van der Waals surface area contributed by atoms with Crippen molar-refractivity contribution in [3.63, 3.8) is 0 Å². The van der Waals surface area contributed by atoms with Crippen LogP contribution in [0.2, 0.25) is 0 Å². The fourth-order valence-corrected chi connectivity index (χ4v) is 2.87.